The van der Waals surface area contributed by atoms with Crippen molar-refractivity contribution in [3.63, 3.8) is 0 Å². The Morgan fingerprint density at radius 2 is 2.15 bits per heavy atom. The molecular weight excluding hydrogens is 298 g/mol. The van der Waals surface area contributed by atoms with Crippen molar-refractivity contribution in [3.8, 4) is 0 Å². The molecule has 0 aromatic carbocycles. The van der Waals surface area contributed by atoms with E-state index in [0.29, 0.717) is 12.5 Å². The second kappa shape index (κ2) is 6.85. The highest BCUT2D eigenvalue weighted by molar-refractivity contribution is 7.89. The van der Waals surface area contributed by atoms with Gasteiger partial charge in [0.05, 0.1) is 4.90 Å². The molecule has 1 aromatic heterocycles. The molecule has 0 bridgehead atoms. The predicted molar refractivity (Wildman–Crippen MR) is 79.3 cm³/mol. The number of likely N-dealkylation sites (tertiary alicyclic amines) is 1. The third-order valence-corrected chi connectivity index (χ3v) is 5.36. The summed E-state index contributed by atoms with van der Waals surface area (Å²) in [5.74, 6) is 0.606. The van der Waals surface area contributed by atoms with Crippen molar-refractivity contribution in [3.05, 3.63) is 23.5 Å². The van der Waals surface area contributed by atoms with Crippen LogP contribution in [0.2, 0.25) is 5.15 Å². The van der Waals surface area contributed by atoms with Gasteiger partial charge in [-0.25, -0.2) is 18.1 Å². The Labute approximate surface area is 125 Å². The van der Waals surface area contributed by atoms with Crippen molar-refractivity contribution >= 4 is 21.6 Å². The molecule has 1 aliphatic heterocycles. The van der Waals surface area contributed by atoms with Gasteiger partial charge in [-0.2, -0.15) is 0 Å². The second-order valence-corrected chi connectivity index (χ2v) is 7.40. The van der Waals surface area contributed by atoms with E-state index in [4.69, 9.17) is 11.6 Å². The lowest BCUT2D eigenvalue weighted by Gasteiger charge is -2.28. The van der Waals surface area contributed by atoms with Crippen LogP contribution in [0.5, 0.6) is 0 Å². The zero-order valence-electron chi connectivity index (χ0n) is 11.5. The Bertz CT molecular complexity index is 542. The van der Waals surface area contributed by atoms with E-state index in [0.717, 1.165) is 32.4 Å². The summed E-state index contributed by atoms with van der Waals surface area (Å²) < 4.78 is 26.8. The average Bonchev–Trinajstić information content (AvgIpc) is 2.41. The summed E-state index contributed by atoms with van der Waals surface area (Å²) in [5.41, 5.74) is 0. The molecule has 5 nitrogen and oxygen atoms in total. The van der Waals surface area contributed by atoms with Crippen LogP contribution in [0.4, 0.5) is 0 Å². The van der Waals surface area contributed by atoms with Crippen LogP contribution in [0.15, 0.2) is 23.2 Å². The van der Waals surface area contributed by atoms with Crippen LogP contribution >= 0.6 is 11.6 Å². The van der Waals surface area contributed by atoms with Crippen molar-refractivity contribution < 1.29 is 8.42 Å². The van der Waals surface area contributed by atoms with Gasteiger partial charge in [-0.1, -0.05) is 11.6 Å². The molecular formula is C13H20ClN3O2S. The Balaban J connectivity index is 1.84. The van der Waals surface area contributed by atoms with Gasteiger partial charge in [-0.15, -0.1) is 0 Å². The maximum atomic E-state index is 12.1. The molecule has 0 aliphatic carbocycles. The number of sulfonamides is 1. The number of nitrogens with zero attached hydrogens (tertiary/aromatic N) is 2. The van der Waals surface area contributed by atoms with E-state index in [2.05, 4.69) is 21.7 Å². The van der Waals surface area contributed by atoms with Gasteiger partial charge in [0.25, 0.3) is 0 Å². The lowest BCUT2D eigenvalue weighted by Crippen LogP contribution is -2.32. The topological polar surface area (TPSA) is 62.3 Å². The van der Waals surface area contributed by atoms with Crippen LogP contribution in [0.3, 0.4) is 0 Å². The Morgan fingerprint density at radius 1 is 1.45 bits per heavy atom. The third-order valence-electron chi connectivity index (χ3n) is 3.69. The molecule has 0 saturated carbocycles. The van der Waals surface area contributed by atoms with E-state index in [9.17, 15) is 8.42 Å². The summed E-state index contributed by atoms with van der Waals surface area (Å²) in [6.45, 7) is 2.66. The molecule has 1 saturated heterocycles. The van der Waals surface area contributed by atoms with Crippen LogP contribution < -0.4 is 4.72 Å². The summed E-state index contributed by atoms with van der Waals surface area (Å²) in [4.78, 5) is 6.26. The summed E-state index contributed by atoms with van der Waals surface area (Å²) >= 11 is 5.71. The first-order valence-corrected chi connectivity index (χ1v) is 8.63. The monoisotopic (exact) mass is 317 g/mol. The number of pyridine rings is 1. The molecule has 1 fully saturated rings. The van der Waals surface area contributed by atoms with Crippen molar-refractivity contribution in [2.45, 2.75) is 24.2 Å². The van der Waals surface area contributed by atoms with Gasteiger partial charge in [0, 0.05) is 12.7 Å². The van der Waals surface area contributed by atoms with Crippen LogP contribution in [0.1, 0.15) is 19.3 Å². The molecule has 1 aliphatic rings. The summed E-state index contributed by atoms with van der Waals surface area (Å²) in [7, 11) is -1.36. The largest absolute Gasteiger partial charge is 0.306 e. The van der Waals surface area contributed by atoms with Crippen molar-refractivity contribution in [2.75, 3.05) is 26.7 Å². The van der Waals surface area contributed by atoms with E-state index in [1.807, 2.05) is 0 Å². The van der Waals surface area contributed by atoms with Crippen molar-refractivity contribution in [1.82, 2.24) is 14.6 Å². The molecule has 0 radical (unpaired) electrons. The highest BCUT2D eigenvalue weighted by Gasteiger charge is 2.18. The SMILES string of the molecule is CN1CCC(CCNS(=O)(=O)c2ccnc(Cl)c2)CC1. The zero-order chi connectivity index (χ0) is 14.6. The highest BCUT2D eigenvalue weighted by Crippen LogP contribution is 2.19. The molecule has 20 heavy (non-hydrogen) atoms. The molecule has 0 unspecified atom stereocenters. The zero-order valence-corrected chi connectivity index (χ0v) is 13.1. The van der Waals surface area contributed by atoms with Crippen LogP contribution in [-0.2, 0) is 10.0 Å². The molecule has 7 heteroatoms. The lowest BCUT2D eigenvalue weighted by molar-refractivity contribution is 0.213. The van der Waals surface area contributed by atoms with E-state index >= 15 is 0 Å². The summed E-state index contributed by atoms with van der Waals surface area (Å²) in [6.07, 6.45) is 4.55. The van der Waals surface area contributed by atoms with Crippen molar-refractivity contribution in [2.24, 2.45) is 5.92 Å². The minimum atomic E-state index is -3.48. The number of piperidine rings is 1. The Kier molecular flexibility index (Phi) is 5.37. The molecule has 2 rings (SSSR count). The van der Waals surface area contributed by atoms with E-state index in [-0.39, 0.29) is 10.0 Å². The molecule has 0 spiro atoms. The number of hydrogen-bond acceptors (Lipinski definition) is 4. The maximum Gasteiger partial charge on any atom is 0.240 e. The first kappa shape index (κ1) is 15.7. The molecule has 2 heterocycles. The van der Waals surface area contributed by atoms with Crippen LogP contribution in [0, 0.1) is 5.92 Å². The van der Waals surface area contributed by atoms with E-state index in [1.54, 1.807) is 0 Å². The maximum absolute atomic E-state index is 12.1. The van der Waals surface area contributed by atoms with Crippen LogP contribution in [0.25, 0.3) is 0 Å². The lowest BCUT2D eigenvalue weighted by atomic mass is 9.94. The fraction of sp³-hybridized carbons (Fsp3) is 0.615. The molecule has 0 atom stereocenters. The summed E-state index contributed by atoms with van der Waals surface area (Å²) in [5, 5.41) is 0.184. The standard InChI is InChI=1S/C13H20ClN3O2S/c1-17-8-4-11(5-9-17)2-7-16-20(18,19)12-3-6-15-13(14)10-12/h3,6,10-11,16H,2,4-5,7-9H2,1H3. The predicted octanol–water partition coefficient (Wildman–Crippen LogP) is 1.75. The average molecular weight is 318 g/mol. The Hall–Kier alpha value is -0.690. The van der Waals surface area contributed by atoms with Gasteiger partial charge in [0.2, 0.25) is 10.0 Å². The minimum absolute atomic E-state index is 0.167. The van der Waals surface area contributed by atoms with Gasteiger partial charge >= 0.3 is 0 Å². The third kappa shape index (κ3) is 4.41. The Morgan fingerprint density at radius 3 is 2.80 bits per heavy atom. The number of hydrogen-bond donors (Lipinski definition) is 1. The van der Waals surface area contributed by atoms with Gasteiger partial charge < -0.3 is 4.90 Å². The first-order valence-electron chi connectivity index (χ1n) is 6.77. The number of rotatable bonds is 5. The second-order valence-electron chi connectivity index (χ2n) is 5.25. The van der Waals surface area contributed by atoms with Crippen LogP contribution in [-0.4, -0.2) is 45.0 Å². The van der Waals surface area contributed by atoms with Gasteiger partial charge in [0.15, 0.2) is 0 Å². The normalized spacial score (nSPS) is 18.3. The van der Waals surface area contributed by atoms with Crippen molar-refractivity contribution in [1.29, 1.82) is 0 Å². The quantitative estimate of drug-likeness (QED) is 0.840. The number of aromatic nitrogens is 1. The molecule has 0 amide bonds. The molecule has 1 N–H and O–H groups in total. The molecule has 112 valence electrons. The number of halogens is 1. The smallest absolute Gasteiger partial charge is 0.240 e. The molecule has 1 aromatic rings. The first-order chi connectivity index (χ1) is 9.47. The minimum Gasteiger partial charge on any atom is -0.306 e. The van der Waals surface area contributed by atoms with E-state index < -0.39 is 10.0 Å². The number of nitrogens with one attached hydrogen (secondary N) is 1. The van der Waals surface area contributed by atoms with Gasteiger partial charge in [-0.3, -0.25) is 0 Å². The summed E-state index contributed by atoms with van der Waals surface area (Å²) in [6, 6.07) is 2.81. The fourth-order valence-electron chi connectivity index (χ4n) is 2.38. The highest BCUT2D eigenvalue weighted by atomic mass is 35.5. The van der Waals surface area contributed by atoms with Gasteiger partial charge in [0.1, 0.15) is 5.15 Å². The van der Waals surface area contributed by atoms with E-state index in [1.165, 1.54) is 18.3 Å². The van der Waals surface area contributed by atoms with Gasteiger partial charge in [-0.05, 0) is 57.5 Å². The fourth-order valence-corrected chi connectivity index (χ4v) is 3.68.